The minimum atomic E-state index is -4.48. The zero-order valence-corrected chi connectivity index (χ0v) is 12.1. The molecule has 0 spiro atoms. The van der Waals surface area contributed by atoms with Crippen molar-refractivity contribution < 1.29 is 21.6 Å². The Morgan fingerprint density at radius 1 is 1.24 bits per heavy atom. The lowest BCUT2D eigenvalue weighted by Crippen LogP contribution is -2.28. The van der Waals surface area contributed by atoms with Crippen LogP contribution in [0.1, 0.15) is 29.9 Å². The number of benzene rings is 1. The number of primary sulfonamides is 1. The van der Waals surface area contributed by atoms with Crippen molar-refractivity contribution in [2.75, 3.05) is 13.1 Å². The van der Waals surface area contributed by atoms with Gasteiger partial charge in [0.25, 0.3) is 0 Å². The van der Waals surface area contributed by atoms with Gasteiger partial charge >= 0.3 is 6.18 Å². The van der Waals surface area contributed by atoms with Crippen LogP contribution in [0.25, 0.3) is 0 Å². The molecule has 1 fully saturated rings. The second-order valence-electron chi connectivity index (χ2n) is 5.19. The maximum atomic E-state index is 12.8. The van der Waals surface area contributed by atoms with Crippen LogP contribution in [0.3, 0.4) is 0 Å². The number of alkyl halides is 3. The molecular weight excluding hydrogens is 305 g/mol. The Balaban J connectivity index is 2.53. The Bertz CT molecular complexity index is 608. The Labute approximate surface area is 121 Å². The average Bonchev–Trinajstić information content (AvgIpc) is 2.37. The van der Waals surface area contributed by atoms with Crippen molar-refractivity contribution >= 4 is 10.0 Å². The summed E-state index contributed by atoms with van der Waals surface area (Å²) in [5.74, 6) is -0.0784. The topological polar surface area (TPSA) is 72.2 Å². The third kappa shape index (κ3) is 4.18. The second kappa shape index (κ2) is 5.94. The Hall–Kier alpha value is -1.12. The molecule has 0 amide bonds. The molecule has 1 heterocycles. The van der Waals surface area contributed by atoms with Gasteiger partial charge in [-0.05, 0) is 49.0 Å². The molecule has 118 valence electrons. The standard InChI is InChI=1S/C13H17F3N2O2S/c14-13(15,16)8-11-10(9-4-6-18-7-5-9)2-1-3-12(11)21(17,19)20/h1-3,9,18H,4-8H2,(H2,17,19,20). The first-order valence-corrected chi connectivity index (χ1v) is 8.15. The normalized spacial score (nSPS) is 17.9. The summed E-state index contributed by atoms with van der Waals surface area (Å²) in [5, 5.41) is 8.20. The van der Waals surface area contributed by atoms with E-state index in [-0.39, 0.29) is 11.5 Å². The average molecular weight is 322 g/mol. The van der Waals surface area contributed by atoms with Crippen molar-refractivity contribution in [3.8, 4) is 0 Å². The highest BCUT2D eigenvalue weighted by atomic mass is 32.2. The van der Waals surface area contributed by atoms with Gasteiger partial charge in [-0.2, -0.15) is 13.2 Å². The third-order valence-electron chi connectivity index (χ3n) is 3.63. The Morgan fingerprint density at radius 2 is 1.86 bits per heavy atom. The first kappa shape index (κ1) is 16.3. The summed E-state index contributed by atoms with van der Waals surface area (Å²) in [4.78, 5) is -0.421. The maximum Gasteiger partial charge on any atom is 0.393 e. The molecule has 0 saturated carbocycles. The number of sulfonamides is 1. The van der Waals surface area contributed by atoms with Gasteiger partial charge in [0.1, 0.15) is 0 Å². The summed E-state index contributed by atoms with van der Waals surface area (Å²) in [5.41, 5.74) is 0.236. The van der Waals surface area contributed by atoms with Gasteiger partial charge < -0.3 is 5.32 Å². The molecule has 3 N–H and O–H groups in total. The fraction of sp³-hybridized carbons (Fsp3) is 0.538. The molecule has 1 aliphatic rings. The van der Waals surface area contributed by atoms with E-state index in [0.717, 1.165) is 6.07 Å². The highest BCUT2D eigenvalue weighted by Crippen LogP contribution is 2.34. The molecule has 1 aromatic rings. The summed E-state index contributed by atoms with van der Waals surface area (Å²) in [7, 11) is -4.18. The van der Waals surface area contributed by atoms with Gasteiger partial charge in [-0.15, -0.1) is 0 Å². The molecule has 1 saturated heterocycles. The summed E-state index contributed by atoms with van der Waals surface area (Å²) in [6.45, 7) is 1.41. The van der Waals surface area contributed by atoms with E-state index in [1.165, 1.54) is 6.07 Å². The smallest absolute Gasteiger partial charge is 0.317 e. The maximum absolute atomic E-state index is 12.8. The van der Waals surface area contributed by atoms with Crippen LogP contribution < -0.4 is 10.5 Å². The van der Waals surface area contributed by atoms with E-state index in [0.29, 0.717) is 31.5 Å². The monoisotopic (exact) mass is 322 g/mol. The van der Waals surface area contributed by atoms with Gasteiger partial charge in [0.15, 0.2) is 0 Å². The molecule has 0 aromatic heterocycles. The largest absolute Gasteiger partial charge is 0.393 e. The molecule has 0 atom stereocenters. The van der Waals surface area contributed by atoms with Crippen LogP contribution in [0.2, 0.25) is 0 Å². The summed E-state index contributed by atoms with van der Waals surface area (Å²) < 4.78 is 61.6. The molecule has 2 rings (SSSR count). The summed E-state index contributed by atoms with van der Waals surface area (Å²) in [6.07, 6.45) is -4.40. The highest BCUT2D eigenvalue weighted by Gasteiger charge is 2.33. The number of hydrogen-bond acceptors (Lipinski definition) is 3. The van der Waals surface area contributed by atoms with Crippen LogP contribution in [0.5, 0.6) is 0 Å². The van der Waals surface area contributed by atoms with Crippen LogP contribution in [0.15, 0.2) is 23.1 Å². The Morgan fingerprint density at radius 3 is 2.38 bits per heavy atom. The molecule has 0 unspecified atom stereocenters. The predicted molar refractivity (Wildman–Crippen MR) is 72.4 cm³/mol. The van der Waals surface area contributed by atoms with E-state index < -0.39 is 27.5 Å². The van der Waals surface area contributed by atoms with Crippen molar-refractivity contribution in [1.82, 2.24) is 5.32 Å². The SMILES string of the molecule is NS(=O)(=O)c1cccc(C2CCNCC2)c1CC(F)(F)F. The van der Waals surface area contributed by atoms with Crippen molar-refractivity contribution in [1.29, 1.82) is 0 Å². The van der Waals surface area contributed by atoms with Crippen molar-refractivity contribution in [3.63, 3.8) is 0 Å². The molecule has 21 heavy (non-hydrogen) atoms. The number of hydrogen-bond donors (Lipinski definition) is 2. The van der Waals surface area contributed by atoms with E-state index in [4.69, 9.17) is 5.14 Å². The lowest BCUT2D eigenvalue weighted by atomic mass is 9.86. The lowest BCUT2D eigenvalue weighted by molar-refractivity contribution is -0.127. The molecule has 0 radical (unpaired) electrons. The van der Waals surface area contributed by atoms with Crippen LogP contribution in [-0.2, 0) is 16.4 Å². The minimum absolute atomic E-state index is 0.0784. The fourth-order valence-electron chi connectivity index (χ4n) is 2.75. The van der Waals surface area contributed by atoms with Crippen molar-refractivity contribution in [2.24, 2.45) is 5.14 Å². The van der Waals surface area contributed by atoms with Crippen LogP contribution >= 0.6 is 0 Å². The first-order valence-electron chi connectivity index (χ1n) is 6.60. The third-order valence-corrected chi connectivity index (χ3v) is 4.63. The van der Waals surface area contributed by atoms with E-state index >= 15 is 0 Å². The van der Waals surface area contributed by atoms with Crippen LogP contribution in [0.4, 0.5) is 13.2 Å². The van der Waals surface area contributed by atoms with Crippen molar-refractivity contribution in [2.45, 2.75) is 36.3 Å². The number of nitrogens with one attached hydrogen (secondary N) is 1. The lowest BCUT2D eigenvalue weighted by Gasteiger charge is -2.26. The fourth-order valence-corrected chi connectivity index (χ4v) is 3.56. The zero-order chi connectivity index (χ0) is 15.7. The van der Waals surface area contributed by atoms with Gasteiger partial charge in [-0.3, -0.25) is 0 Å². The van der Waals surface area contributed by atoms with Crippen LogP contribution in [-0.4, -0.2) is 27.7 Å². The van der Waals surface area contributed by atoms with Gasteiger partial charge in [-0.25, -0.2) is 13.6 Å². The molecule has 8 heteroatoms. The molecule has 0 aliphatic carbocycles. The summed E-state index contributed by atoms with van der Waals surface area (Å²) in [6, 6.07) is 4.17. The van der Waals surface area contributed by atoms with Crippen LogP contribution in [0, 0.1) is 0 Å². The number of halogens is 3. The number of piperidine rings is 1. The van der Waals surface area contributed by atoms with E-state index in [9.17, 15) is 21.6 Å². The van der Waals surface area contributed by atoms with Gasteiger partial charge in [0, 0.05) is 0 Å². The second-order valence-corrected chi connectivity index (χ2v) is 6.72. The minimum Gasteiger partial charge on any atom is -0.317 e. The molecule has 4 nitrogen and oxygen atoms in total. The highest BCUT2D eigenvalue weighted by molar-refractivity contribution is 7.89. The van der Waals surface area contributed by atoms with Gasteiger partial charge in [0.2, 0.25) is 10.0 Å². The summed E-state index contributed by atoms with van der Waals surface area (Å²) >= 11 is 0. The molecule has 1 aliphatic heterocycles. The Kier molecular flexibility index (Phi) is 4.60. The van der Waals surface area contributed by atoms with Gasteiger partial charge in [-0.1, -0.05) is 12.1 Å². The number of rotatable bonds is 3. The predicted octanol–water partition coefficient (Wildman–Crippen LogP) is 1.91. The zero-order valence-electron chi connectivity index (χ0n) is 11.3. The molecular formula is C13H17F3N2O2S. The van der Waals surface area contributed by atoms with E-state index in [1.807, 2.05) is 0 Å². The van der Waals surface area contributed by atoms with Crippen molar-refractivity contribution in [3.05, 3.63) is 29.3 Å². The van der Waals surface area contributed by atoms with E-state index in [1.54, 1.807) is 6.07 Å². The quantitative estimate of drug-likeness (QED) is 0.893. The first-order chi connectivity index (χ1) is 9.68. The van der Waals surface area contributed by atoms with Gasteiger partial charge in [0.05, 0.1) is 11.3 Å². The van der Waals surface area contributed by atoms with E-state index in [2.05, 4.69) is 5.32 Å². The number of nitrogens with two attached hydrogens (primary N) is 1. The molecule has 0 bridgehead atoms. The molecule has 1 aromatic carbocycles.